The summed E-state index contributed by atoms with van der Waals surface area (Å²) in [6.45, 7) is 5.62. The van der Waals surface area contributed by atoms with Crippen molar-refractivity contribution >= 4 is 27.7 Å². The molecule has 1 heterocycles. The van der Waals surface area contributed by atoms with Crippen molar-refractivity contribution < 1.29 is 4.74 Å². The second kappa shape index (κ2) is 7.19. The molecule has 1 aromatic rings. The third-order valence-electron chi connectivity index (χ3n) is 4.11. The predicted molar refractivity (Wildman–Crippen MR) is 92.0 cm³/mol. The molecule has 2 atom stereocenters. The van der Waals surface area contributed by atoms with Crippen LogP contribution < -0.4 is 10.1 Å². The molecule has 112 valence electrons. The van der Waals surface area contributed by atoms with E-state index in [4.69, 9.17) is 4.74 Å². The number of methoxy groups -OCH3 is 1. The van der Waals surface area contributed by atoms with Gasteiger partial charge in [0.15, 0.2) is 0 Å². The van der Waals surface area contributed by atoms with E-state index < -0.39 is 0 Å². The summed E-state index contributed by atoms with van der Waals surface area (Å²) in [7, 11) is 1.73. The number of halogens is 1. The third-order valence-corrected chi connectivity index (χ3v) is 6.53. The Morgan fingerprint density at radius 3 is 2.90 bits per heavy atom. The number of rotatable bonds is 6. The van der Waals surface area contributed by atoms with Crippen LogP contribution in [-0.4, -0.2) is 30.2 Å². The zero-order valence-corrected chi connectivity index (χ0v) is 14.9. The Balaban J connectivity index is 2.19. The van der Waals surface area contributed by atoms with Gasteiger partial charge in [-0.25, -0.2) is 0 Å². The molecule has 20 heavy (non-hydrogen) atoms. The van der Waals surface area contributed by atoms with Crippen molar-refractivity contribution in [2.24, 2.45) is 0 Å². The molecule has 0 amide bonds. The summed E-state index contributed by atoms with van der Waals surface area (Å²) in [5.74, 6) is 2.22. The van der Waals surface area contributed by atoms with Crippen LogP contribution in [0.3, 0.4) is 0 Å². The zero-order chi connectivity index (χ0) is 14.6. The smallest absolute Gasteiger partial charge is 0.119 e. The van der Waals surface area contributed by atoms with Gasteiger partial charge < -0.3 is 10.1 Å². The molecular weight excluding hydrogens is 334 g/mol. The molecule has 2 rings (SSSR count). The molecule has 0 spiro atoms. The van der Waals surface area contributed by atoms with Gasteiger partial charge in [0.25, 0.3) is 0 Å². The summed E-state index contributed by atoms with van der Waals surface area (Å²) >= 11 is 5.79. The van der Waals surface area contributed by atoms with E-state index in [1.54, 1.807) is 7.11 Å². The lowest BCUT2D eigenvalue weighted by molar-refractivity contribution is 0.401. The number of nitrogens with one attached hydrogen (secondary N) is 1. The van der Waals surface area contributed by atoms with Gasteiger partial charge in [-0.05, 0) is 62.2 Å². The molecule has 4 heteroatoms. The van der Waals surface area contributed by atoms with Crippen molar-refractivity contribution in [3.05, 3.63) is 28.2 Å². The first-order valence-electron chi connectivity index (χ1n) is 7.29. The Kier molecular flexibility index (Phi) is 5.82. The third kappa shape index (κ3) is 3.71. The lowest BCUT2D eigenvalue weighted by Crippen LogP contribution is -2.46. The summed E-state index contributed by atoms with van der Waals surface area (Å²) in [6.07, 6.45) is 3.67. The maximum absolute atomic E-state index is 5.36. The van der Waals surface area contributed by atoms with E-state index in [1.807, 2.05) is 6.07 Å². The van der Waals surface area contributed by atoms with E-state index in [-0.39, 0.29) is 0 Å². The topological polar surface area (TPSA) is 21.3 Å². The van der Waals surface area contributed by atoms with Crippen molar-refractivity contribution in [3.63, 3.8) is 0 Å². The van der Waals surface area contributed by atoms with Gasteiger partial charge in [0.1, 0.15) is 5.75 Å². The van der Waals surface area contributed by atoms with Crippen molar-refractivity contribution in [1.29, 1.82) is 0 Å². The molecule has 1 aromatic carbocycles. The van der Waals surface area contributed by atoms with Crippen LogP contribution in [0.1, 0.15) is 32.3 Å². The standard InChI is InChI=1S/C16H24BrNOS/c1-4-18-15(16(2)8-5-9-20-16)11-12-10-13(19-3)6-7-14(12)17/h6-7,10,15,18H,4-5,8-9,11H2,1-3H3. The van der Waals surface area contributed by atoms with Gasteiger partial charge in [-0.1, -0.05) is 22.9 Å². The number of hydrogen-bond acceptors (Lipinski definition) is 3. The Labute approximate surface area is 135 Å². The molecule has 0 bridgehead atoms. The second-order valence-electron chi connectivity index (χ2n) is 5.54. The fraction of sp³-hybridized carbons (Fsp3) is 0.625. The number of hydrogen-bond donors (Lipinski definition) is 1. The zero-order valence-electron chi connectivity index (χ0n) is 12.5. The summed E-state index contributed by atoms with van der Waals surface area (Å²) in [4.78, 5) is 0. The number of ether oxygens (including phenoxy) is 1. The molecule has 2 nitrogen and oxygen atoms in total. The Morgan fingerprint density at radius 2 is 2.30 bits per heavy atom. The molecule has 1 aliphatic heterocycles. The summed E-state index contributed by atoms with van der Waals surface area (Å²) in [6, 6.07) is 6.74. The molecule has 1 fully saturated rings. The fourth-order valence-electron chi connectivity index (χ4n) is 2.88. The van der Waals surface area contributed by atoms with Crippen LogP contribution in [0.2, 0.25) is 0 Å². The van der Waals surface area contributed by atoms with E-state index >= 15 is 0 Å². The molecule has 0 saturated carbocycles. The molecule has 0 aliphatic carbocycles. The lowest BCUT2D eigenvalue weighted by Gasteiger charge is -2.34. The Morgan fingerprint density at radius 1 is 1.50 bits per heavy atom. The number of likely N-dealkylation sites (N-methyl/N-ethyl adjacent to an activating group) is 1. The van der Waals surface area contributed by atoms with Crippen molar-refractivity contribution in [1.82, 2.24) is 5.32 Å². The molecule has 0 radical (unpaired) electrons. The van der Waals surface area contributed by atoms with Gasteiger partial charge in [0, 0.05) is 15.3 Å². The van der Waals surface area contributed by atoms with E-state index in [2.05, 4.69) is 59.0 Å². The van der Waals surface area contributed by atoms with E-state index in [0.717, 1.165) is 18.7 Å². The Hall–Kier alpha value is -0.190. The molecule has 2 unspecified atom stereocenters. The van der Waals surface area contributed by atoms with Crippen molar-refractivity contribution in [2.45, 2.75) is 43.9 Å². The monoisotopic (exact) mass is 357 g/mol. The van der Waals surface area contributed by atoms with Crippen molar-refractivity contribution in [3.8, 4) is 5.75 Å². The maximum atomic E-state index is 5.36. The number of benzene rings is 1. The van der Waals surface area contributed by atoms with Crippen LogP contribution in [0.4, 0.5) is 0 Å². The molecule has 1 saturated heterocycles. The van der Waals surface area contributed by atoms with Crippen LogP contribution in [-0.2, 0) is 6.42 Å². The minimum atomic E-state index is 0.346. The highest BCUT2D eigenvalue weighted by Gasteiger charge is 2.37. The van der Waals surface area contributed by atoms with Gasteiger partial charge in [-0.3, -0.25) is 0 Å². The summed E-state index contributed by atoms with van der Waals surface area (Å²) in [5, 5.41) is 3.70. The second-order valence-corrected chi connectivity index (χ2v) is 8.02. The van der Waals surface area contributed by atoms with E-state index in [1.165, 1.54) is 28.6 Å². The highest BCUT2D eigenvalue weighted by Crippen LogP contribution is 2.42. The SMILES string of the molecule is CCNC(Cc1cc(OC)ccc1Br)C1(C)CCCS1. The quantitative estimate of drug-likeness (QED) is 0.821. The van der Waals surface area contributed by atoms with Gasteiger partial charge in [-0.2, -0.15) is 11.8 Å². The minimum absolute atomic E-state index is 0.346. The van der Waals surface area contributed by atoms with Crippen LogP contribution in [0, 0.1) is 0 Å². The van der Waals surface area contributed by atoms with Gasteiger partial charge in [0.2, 0.25) is 0 Å². The normalized spacial score (nSPS) is 23.8. The Bertz CT molecular complexity index is 446. The first kappa shape index (κ1) is 16.2. The largest absolute Gasteiger partial charge is 0.497 e. The molecule has 1 aliphatic rings. The van der Waals surface area contributed by atoms with Gasteiger partial charge in [0.05, 0.1) is 7.11 Å². The minimum Gasteiger partial charge on any atom is -0.497 e. The van der Waals surface area contributed by atoms with Crippen molar-refractivity contribution in [2.75, 3.05) is 19.4 Å². The molecule has 0 aromatic heterocycles. The van der Waals surface area contributed by atoms with E-state index in [0.29, 0.717) is 10.8 Å². The predicted octanol–water partition coefficient (Wildman–Crippen LogP) is 4.26. The molecule has 1 N–H and O–H groups in total. The maximum Gasteiger partial charge on any atom is 0.119 e. The van der Waals surface area contributed by atoms with Crippen LogP contribution in [0.25, 0.3) is 0 Å². The van der Waals surface area contributed by atoms with Crippen LogP contribution in [0.5, 0.6) is 5.75 Å². The first-order chi connectivity index (χ1) is 9.59. The highest BCUT2D eigenvalue weighted by atomic mass is 79.9. The first-order valence-corrected chi connectivity index (χ1v) is 9.06. The average Bonchev–Trinajstić information content (AvgIpc) is 2.88. The number of thioether (sulfide) groups is 1. The van der Waals surface area contributed by atoms with Gasteiger partial charge in [-0.15, -0.1) is 0 Å². The highest BCUT2D eigenvalue weighted by molar-refractivity contribution is 9.10. The van der Waals surface area contributed by atoms with E-state index in [9.17, 15) is 0 Å². The summed E-state index contributed by atoms with van der Waals surface area (Å²) < 4.78 is 6.88. The fourth-order valence-corrected chi connectivity index (χ4v) is 4.70. The average molecular weight is 358 g/mol. The summed E-state index contributed by atoms with van der Waals surface area (Å²) in [5.41, 5.74) is 1.32. The molecular formula is C16H24BrNOS. The van der Waals surface area contributed by atoms with Crippen LogP contribution in [0.15, 0.2) is 22.7 Å². The van der Waals surface area contributed by atoms with Gasteiger partial charge >= 0.3 is 0 Å². The van der Waals surface area contributed by atoms with Crippen LogP contribution >= 0.6 is 27.7 Å². The lowest BCUT2D eigenvalue weighted by atomic mass is 9.90.